The van der Waals surface area contributed by atoms with Crippen LogP contribution in [0.2, 0.25) is 5.02 Å². The van der Waals surface area contributed by atoms with Crippen molar-refractivity contribution in [2.24, 2.45) is 5.92 Å². The number of aryl methyl sites for hydroxylation is 1. The Morgan fingerprint density at radius 1 is 1.42 bits per heavy atom. The lowest BCUT2D eigenvalue weighted by atomic mass is 9.97. The van der Waals surface area contributed by atoms with Crippen LogP contribution in [0.4, 0.5) is 5.69 Å². The molecule has 1 amide bonds. The molecule has 0 bridgehead atoms. The van der Waals surface area contributed by atoms with E-state index in [1.165, 1.54) is 0 Å². The minimum atomic E-state index is -0.481. The number of likely N-dealkylation sites (tertiary alicyclic amines) is 1. The van der Waals surface area contributed by atoms with E-state index in [0.29, 0.717) is 43.2 Å². The number of carbonyl (C=O) groups is 2. The third-order valence-corrected chi connectivity index (χ3v) is 4.51. The summed E-state index contributed by atoms with van der Waals surface area (Å²) in [4.78, 5) is 26.1. The molecule has 26 heavy (non-hydrogen) atoms. The van der Waals surface area contributed by atoms with Crippen LogP contribution in [0.1, 0.15) is 25.3 Å². The van der Waals surface area contributed by atoms with E-state index >= 15 is 0 Å². The fraction of sp³-hybridized carbons (Fsp3) is 0.421. The van der Waals surface area contributed by atoms with Crippen molar-refractivity contribution in [3.05, 3.63) is 40.6 Å². The summed E-state index contributed by atoms with van der Waals surface area (Å²) in [6, 6.07) is 7.12. The lowest BCUT2D eigenvalue weighted by Gasteiger charge is -2.30. The number of halogens is 1. The molecule has 7 heteroatoms. The summed E-state index contributed by atoms with van der Waals surface area (Å²) in [5.74, 6) is -0.774. The number of ether oxygens (including phenoxy) is 1. The topological polar surface area (TPSA) is 82.4 Å². The summed E-state index contributed by atoms with van der Waals surface area (Å²) >= 11 is 5.95. The van der Waals surface area contributed by atoms with Crippen molar-refractivity contribution in [1.82, 2.24) is 4.90 Å². The summed E-state index contributed by atoms with van der Waals surface area (Å²) in [6.07, 6.45) is 2.84. The molecule has 0 atom stereocenters. The first-order valence-electron chi connectivity index (χ1n) is 8.54. The van der Waals surface area contributed by atoms with Crippen LogP contribution >= 0.6 is 11.6 Å². The van der Waals surface area contributed by atoms with Gasteiger partial charge in [0.1, 0.15) is 11.6 Å². The average molecular weight is 376 g/mol. The summed E-state index contributed by atoms with van der Waals surface area (Å²) in [6.45, 7) is 5.20. The largest absolute Gasteiger partial charge is 0.466 e. The Kier molecular flexibility index (Phi) is 7.05. The highest BCUT2D eigenvalue weighted by molar-refractivity contribution is 6.31. The van der Waals surface area contributed by atoms with Gasteiger partial charge in [0.15, 0.2) is 0 Å². The molecule has 0 spiro atoms. The zero-order chi connectivity index (χ0) is 19.1. The molecule has 1 aliphatic rings. The molecule has 1 heterocycles. The van der Waals surface area contributed by atoms with Crippen LogP contribution in [0.3, 0.4) is 0 Å². The second kappa shape index (κ2) is 9.25. The van der Waals surface area contributed by atoms with Gasteiger partial charge in [-0.2, -0.15) is 5.26 Å². The number of rotatable bonds is 5. The van der Waals surface area contributed by atoms with Gasteiger partial charge < -0.3 is 15.0 Å². The highest BCUT2D eigenvalue weighted by atomic mass is 35.5. The van der Waals surface area contributed by atoms with Gasteiger partial charge in [-0.3, -0.25) is 9.59 Å². The van der Waals surface area contributed by atoms with Gasteiger partial charge in [0, 0.05) is 30.0 Å². The maximum atomic E-state index is 12.4. The number of piperidine rings is 1. The Labute approximate surface area is 158 Å². The summed E-state index contributed by atoms with van der Waals surface area (Å²) in [5, 5.41) is 12.6. The molecule has 0 aromatic heterocycles. The number of anilines is 1. The van der Waals surface area contributed by atoms with E-state index in [2.05, 4.69) is 5.32 Å². The SMILES string of the molecule is CCOC(=O)C1CCN(/C=C(/C#N)C(=O)Nc2cc(Cl)ccc2C)CC1. The van der Waals surface area contributed by atoms with Crippen molar-refractivity contribution in [3.8, 4) is 6.07 Å². The number of esters is 1. The van der Waals surface area contributed by atoms with E-state index in [9.17, 15) is 14.9 Å². The fourth-order valence-corrected chi connectivity index (χ4v) is 2.94. The second-order valence-electron chi connectivity index (χ2n) is 6.13. The molecule has 138 valence electrons. The van der Waals surface area contributed by atoms with E-state index in [4.69, 9.17) is 16.3 Å². The number of benzene rings is 1. The van der Waals surface area contributed by atoms with Gasteiger partial charge >= 0.3 is 5.97 Å². The number of nitriles is 1. The zero-order valence-corrected chi connectivity index (χ0v) is 15.7. The van der Waals surface area contributed by atoms with Crippen molar-refractivity contribution in [3.63, 3.8) is 0 Å². The lowest BCUT2D eigenvalue weighted by molar-refractivity contribution is -0.149. The van der Waals surface area contributed by atoms with Crippen molar-refractivity contribution >= 4 is 29.2 Å². The number of amides is 1. The molecule has 0 saturated carbocycles. The van der Waals surface area contributed by atoms with E-state index in [0.717, 1.165) is 5.56 Å². The highest BCUT2D eigenvalue weighted by Gasteiger charge is 2.25. The van der Waals surface area contributed by atoms with Gasteiger partial charge in [-0.1, -0.05) is 17.7 Å². The van der Waals surface area contributed by atoms with E-state index in [1.807, 2.05) is 17.9 Å². The molecule has 1 aliphatic heterocycles. The molecule has 1 aromatic carbocycles. The van der Waals surface area contributed by atoms with Crippen LogP contribution < -0.4 is 5.32 Å². The molecule has 1 saturated heterocycles. The summed E-state index contributed by atoms with van der Waals surface area (Å²) in [7, 11) is 0. The number of hydrogen-bond donors (Lipinski definition) is 1. The number of nitrogens with one attached hydrogen (secondary N) is 1. The Balaban J connectivity index is 2.00. The van der Waals surface area contributed by atoms with Gasteiger partial charge in [-0.05, 0) is 44.4 Å². The van der Waals surface area contributed by atoms with Crippen LogP contribution in [-0.4, -0.2) is 36.5 Å². The van der Waals surface area contributed by atoms with Crippen LogP contribution in [-0.2, 0) is 14.3 Å². The summed E-state index contributed by atoms with van der Waals surface area (Å²) in [5.41, 5.74) is 1.44. The number of hydrogen-bond acceptors (Lipinski definition) is 5. The normalized spacial score (nSPS) is 15.3. The fourth-order valence-electron chi connectivity index (χ4n) is 2.76. The first-order valence-corrected chi connectivity index (χ1v) is 8.92. The molecular weight excluding hydrogens is 354 g/mol. The van der Waals surface area contributed by atoms with E-state index in [-0.39, 0.29) is 17.5 Å². The minimum absolute atomic E-state index is 0.0129. The van der Waals surface area contributed by atoms with Crippen molar-refractivity contribution in [1.29, 1.82) is 5.26 Å². The molecule has 6 nitrogen and oxygen atoms in total. The standard InChI is InChI=1S/C19H22ClN3O3/c1-3-26-19(25)14-6-8-23(9-7-14)12-15(11-21)18(24)22-17-10-16(20)5-4-13(17)2/h4-5,10,12,14H,3,6-9H2,1-2H3,(H,22,24)/b15-12-. The van der Waals surface area contributed by atoms with Gasteiger partial charge in [0.25, 0.3) is 5.91 Å². The summed E-state index contributed by atoms with van der Waals surface area (Å²) < 4.78 is 5.04. The monoisotopic (exact) mass is 375 g/mol. The minimum Gasteiger partial charge on any atom is -0.466 e. The van der Waals surface area contributed by atoms with Gasteiger partial charge in [-0.15, -0.1) is 0 Å². The lowest BCUT2D eigenvalue weighted by Crippen LogP contribution is -2.34. The van der Waals surface area contributed by atoms with E-state index < -0.39 is 5.91 Å². The molecule has 1 fully saturated rings. The Morgan fingerprint density at radius 3 is 2.73 bits per heavy atom. The molecule has 1 N–H and O–H groups in total. The van der Waals surface area contributed by atoms with Gasteiger partial charge in [0.05, 0.1) is 12.5 Å². The molecule has 0 radical (unpaired) electrons. The molecular formula is C19H22ClN3O3. The highest BCUT2D eigenvalue weighted by Crippen LogP contribution is 2.22. The third kappa shape index (κ3) is 5.24. The maximum Gasteiger partial charge on any atom is 0.309 e. The molecule has 0 unspecified atom stereocenters. The average Bonchev–Trinajstić information content (AvgIpc) is 2.63. The van der Waals surface area contributed by atoms with Crippen LogP contribution in [0.5, 0.6) is 0 Å². The van der Waals surface area contributed by atoms with Gasteiger partial charge in [-0.25, -0.2) is 0 Å². The smallest absolute Gasteiger partial charge is 0.309 e. The van der Waals surface area contributed by atoms with Crippen molar-refractivity contribution in [2.45, 2.75) is 26.7 Å². The number of nitrogens with zero attached hydrogens (tertiary/aromatic N) is 2. The second-order valence-corrected chi connectivity index (χ2v) is 6.57. The first-order chi connectivity index (χ1) is 12.4. The van der Waals surface area contributed by atoms with Crippen LogP contribution in [0.15, 0.2) is 30.0 Å². The zero-order valence-electron chi connectivity index (χ0n) is 14.9. The first kappa shape index (κ1) is 19.8. The maximum absolute atomic E-state index is 12.4. The Morgan fingerprint density at radius 2 is 2.12 bits per heavy atom. The predicted molar refractivity (Wildman–Crippen MR) is 99.4 cm³/mol. The Hall–Kier alpha value is -2.52. The van der Waals surface area contributed by atoms with Crippen LogP contribution in [0.25, 0.3) is 0 Å². The van der Waals surface area contributed by atoms with Crippen molar-refractivity contribution in [2.75, 3.05) is 25.0 Å². The Bertz CT molecular complexity index is 747. The van der Waals surface area contributed by atoms with Gasteiger partial charge in [0.2, 0.25) is 0 Å². The van der Waals surface area contributed by atoms with Crippen molar-refractivity contribution < 1.29 is 14.3 Å². The molecule has 1 aromatic rings. The predicted octanol–water partition coefficient (Wildman–Crippen LogP) is 3.27. The van der Waals surface area contributed by atoms with Crippen LogP contribution in [0, 0.1) is 24.2 Å². The molecule has 0 aliphatic carbocycles. The number of carbonyl (C=O) groups excluding carboxylic acids is 2. The quantitative estimate of drug-likeness (QED) is 0.485. The molecule has 2 rings (SSSR count). The third-order valence-electron chi connectivity index (χ3n) is 4.27. The van der Waals surface area contributed by atoms with E-state index in [1.54, 1.807) is 31.3 Å².